The molecule has 0 spiro atoms. The Morgan fingerprint density at radius 1 is 1.31 bits per heavy atom. The summed E-state index contributed by atoms with van der Waals surface area (Å²) in [4.78, 5) is 8.71. The molecule has 70 valence electrons. The Kier molecular flexibility index (Phi) is 2.17. The zero-order valence-electron chi connectivity index (χ0n) is 8.13. The number of rotatable bonds is 2. The van der Waals surface area contributed by atoms with Gasteiger partial charge in [-0.2, -0.15) is 4.98 Å². The summed E-state index contributed by atoms with van der Waals surface area (Å²) in [7, 11) is 0. The molecule has 13 heavy (non-hydrogen) atoms. The van der Waals surface area contributed by atoms with Gasteiger partial charge in [-0.1, -0.05) is 0 Å². The molecule has 0 bridgehead atoms. The molecule has 0 radical (unpaired) electrons. The molecule has 0 N–H and O–H groups in total. The molecule has 1 aliphatic carbocycles. The summed E-state index contributed by atoms with van der Waals surface area (Å²) >= 11 is 0. The van der Waals surface area contributed by atoms with Crippen molar-refractivity contribution in [3.8, 4) is 5.88 Å². The van der Waals surface area contributed by atoms with Crippen molar-refractivity contribution in [1.82, 2.24) is 9.97 Å². The fraction of sp³-hybridized carbons (Fsp3) is 0.600. The van der Waals surface area contributed by atoms with Crippen molar-refractivity contribution in [2.24, 2.45) is 0 Å². The van der Waals surface area contributed by atoms with Crippen LogP contribution in [0.25, 0.3) is 0 Å². The second-order valence-electron chi connectivity index (χ2n) is 3.29. The topological polar surface area (TPSA) is 35.0 Å². The van der Waals surface area contributed by atoms with Crippen molar-refractivity contribution >= 4 is 0 Å². The number of hydrogen-bond donors (Lipinski definition) is 0. The number of hydrogen-bond acceptors (Lipinski definition) is 3. The van der Waals surface area contributed by atoms with Crippen molar-refractivity contribution in [2.75, 3.05) is 6.61 Å². The average molecular weight is 178 g/mol. The molecular formula is C10H14N2O. The van der Waals surface area contributed by atoms with E-state index in [1.165, 1.54) is 17.7 Å². The van der Waals surface area contributed by atoms with Gasteiger partial charge in [0, 0.05) is 5.56 Å². The minimum Gasteiger partial charge on any atom is -0.478 e. The molecule has 1 heterocycles. The Hall–Kier alpha value is -1.12. The lowest BCUT2D eigenvalue weighted by molar-refractivity contribution is 0.321. The van der Waals surface area contributed by atoms with E-state index in [9.17, 15) is 0 Å². The lowest BCUT2D eigenvalue weighted by Crippen LogP contribution is -2.03. The number of nitrogens with zero attached hydrogens (tertiary/aromatic N) is 2. The average Bonchev–Trinajstić information content (AvgIpc) is 2.52. The molecule has 0 unspecified atom stereocenters. The van der Waals surface area contributed by atoms with Crippen LogP contribution in [-0.4, -0.2) is 16.6 Å². The third-order valence-corrected chi connectivity index (χ3v) is 2.29. The van der Waals surface area contributed by atoms with E-state index in [1.54, 1.807) is 0 Å². The normalized spacial score (nSPS) is 14.3. The van der Waals surface area contributed by atoms with Gasteiger partial charge < -0.3 is 4.74 Å². The van der Waals surface area contributed by atoms with E-state index in [2.05, 4.69) is 9.97 Å². The summed E-state index contributed by atoms with van der Waals surface area (Å²) in [5.41, 5.74) is 2.42. The second kappa shape index (κ2) is 3.32. The fourth-order valence-electron chi connectivity index (χ4n) is 1.77. The van der Waals surface area contributed by atoms with Gasteiger partial charge in [0.15, 0.2) is 0 Å². The van der Waals surface area contributed by atoms with Crippen LogP contribution in [0, 0.1) is 6.92 Å². The van der Waals surface area contributed by atoms with E-state index in [4.69, 9.17) is 4.74 Å². The molecular weight excluding hydrogens is 164 g/mol. The summed E-state index contributed by atoms with van der Waals surface area (Å²) < 4.78 is 5.48. The molecule has 1 aliphatic rings. The van der Waals surface area contributed by atoms with Crippen LogP contribution in [-0.2, 0) is 12.8 Å². The largest absolute Gasteiger partial charge is 0.478 e. The van der Waals surface area contributed by atoms with E-state index in [0.29, 0.717) is 6.61 Å². The van der Waals surface area contributed by atoms with Gasteiger partial charge in [-0.25, -0.2) is 4.98 Å². The van der Waals surface area contributed by atoms with Gasteiger partial charge in [0.2, 0.25) is 5.88 Å². The monoisotopic (exact) mass is 178 g/mol. The summed E-state index contributed by atoms with van der Waals surface area (Å²) in [6.45, 7) is 4.59. The maximum atomic E-state index is 5.48. The van der Waals surface area contributed by atoms with E-state index in [-0.39, 0.29) is 0 Å². The molecule has 0 amide bonds. The van der Waals surface area contributed by atoms with Crippen LogP contribution in [0.3, 0.4) is 0 Å². The SMILES string of the molecule is CCOc1nc(C)nc2c1CCC2. The quantitative estimate of drug-likeness (QED) is 0.691. The molecule has 0 saturated carbocycles. The molecule has 0 atom stereocenters. The van der Waals surface area contributed by atoms with Crippen LogP contribution in [0.2, 0.25) is 0 Å². The van der Waals surface area contributed by atoms with E-state index < -0.39 is 0 Å². The minimum atomic E-state index is 0.683. The Labute approximate surface area is 78.2 Å². The summed E-state index contributed by atoms with van der Waals surface area (Å²) in [5.74, 6) is 1.63. The van der Waals surface area contributed by atoms with Gasteiger partial charge in [-0.15, -0.1) is 0 Å². The van der Waals surface area contributed by atoms with Crippen molar-refractivity contribution in [1.29, 1.82) is 0 Å². The highest BCUT2D eigenvalue weighted by atomic mass is 16.5. The maximum Gasteiger partial charge on any atom is 0.220 e. The summed E-state index contributed by atoms with van der Waals surface area (Å²) in [6.07, 6.45) is 3.34. The van der Waals surface area contributed by atoms with E-state index in [0.717, 1.165) is 24.5 Å². The summed E-state index contributed by atoms with van der Waals surface area (Å²) in [5, 5.41) is 0. The number of ether oxygens (including phenoxy) is 1. The van der Waals surface area contributed by atoms with Gasteiger partial charge in [-0.05, 0) is 33.1 Å². The third kappa shape index (κ3) is 1.50. The number of aryl methyl sites for hydroxylation is 2. The van der Waals surface area contributed by atoms with Crippen molar-refractivity contribution in [2.45, 2.75) is 33.1 Å². The molecule has 1 aromatic rings. The molecule has 1 aromatic heterocycles. The van der Waals surface area contributed by atoms with E-state index >= 15 is 0 Å². The predicted octanol–water partition coefficient (Wildman–Crippen LogP) is 1.67. The first kappa shape index (κ1) is 8.48. The van der Waals surface area contributed by atoms with Gasteiger partial charge >= 0.3 is 0 Å². The number of aromatic nitrogens is 2. The fourth-order valence-corrected chi connectivity index (χ4v) is 1.77. The van der Waals surface area contributed by atoms with Crippen molar-refractivity contribution < 1.29 is 4.74 Å². The van der Waals surface area contributed by atoms with E-state index in [1.807, 2.05) is 13.8 Å². The van der Waals surface area contributed by atoms with Crippen molar-refractivity contribution in [3.05, 3.63) is 17.1 Å². The van der Waals surface area contributed by atoms with Crippen molar-refractivity contribution in [3.63, 3.8) is 0 Å². The van der Waals surface area contributed by atoms with Crippen LogP contribution in [0.1, 0.15) is 30.4 Å². The summed E-state index contributed by atoms with van der Waals surface area (Å²) in [6, 6.07) is 0. The highest BCUT2D eigenvalue weighted by molar-refractivity contribution is 5.34. The molecule has 0 saturated heterocycles. The number of fused-ring (bicyclic) bond motifs is 1. The zero-order chi connectivity index (χ0) is 9.26. The predicted molar refractivity (Wildman–Crippen MR) is 50.0 cm³/mol. The zero-order valence-corrected chi connectivity index (χ0v) is 8.13. The van der Waals surface area contributed by atoms with Crippen LogP contribution in [0.4, 0.5) is 0 Å². The molecule has 3 nitrogen and oxygen atoms in total. The van der Waals surface area contributed by atoms with Gasteiger partial charge in [0.25, 0.3) is 0 Å². The smallest absolute Gasteiger partial charge is 0.220 e. The van der Waals surface area contributed by atoms with Gasteiger partial charge in [0.05, 0.1) is 12.3 Å². The van der Waals surface area contributed by atoms with Crippen LogP contribution >= 0.6 is 0 Å². The highest BCUT2D eigenvalue weighted by Gasteiger charge is 2.18. The molecule has 0 aromatic carbocycles. The molecule has 0 aliphatic heterocycles. The third-order valence-electron chi connectivity index (χ3n) is 2.29. The van der Waals surface area contributed by atoms with Crippen LogP contribution in [0.15, 0.2) is 0 Å². The van der Waals surface area contributed by atoms with Crippen LogP contribution in [0.5, 0.6) is 5.88 Å². The molecule has 3 heteroatoms. The van der Waals surface area contributed by atoms with Gasteiger partial charge in [0.1, 0.15) is 5.82 Å². The maximum absolute atomic E-state index is 5.48. The standard InChI is InChI=1S/C10H14N2O/c1-3-13-10-8-5-4-6-9(8)11-7(2)12-10/h3-6H2,1-2H3. The second-order valence-corrected chi connectivity index (χ2v) is 3.29. The Balaban J connectivity index is 2.43. The van der Waals surface area contributed by atoms with Crippen LogP contribution < -0.4 is 4.74 Å². The first-order chi connectivity index (χ1) is 6.31. The lowest BCUT2D eigenvalue weighted by Gasteiger charge is -2.07. The minimum absolute atomic E-state index is 0.683. The lowest BCUT2D eigenvalue weighted by atomic mass is 10.2. The molecule has 0 fully saturated rings. The first-order valence-electron chi connectivity index (χ1n) is 4.80. The Bertz CT molecular complexity index is 323. The Morgan fingerprint density at radius 3 is 2.92 bits per heavy atom. The van der Waals surface area contributed by atoms with Gasteiger partial charge in [-0.3, -0.25) is 0 Å². The highest BCUT2D eigenvalue weighted by Crippen LogP contribution is 2.27. The Morgan fingerprint density at radius 2 is 2.15 bits per heavy atom. The first-order valence-corrected chi connectivity index (χ1v) is 4.80. The molecule has 2 rings (SSSR count).